The van der Waals surface area contributed by atoms with Crippen molar-refractivity contribution in [1.29, 1.82) is 0 Å². The van der Waals surface area contributed by atoms with Gasteiger partial charge in [0.05, 0.1) is 16.8 Å². The van der Waals surface area contributed by atoms with Crippen molar-refractivity contribution in [3.05, 3.63) is 22.7 Å². The number of carbonyl (C=O) groups excluding carboxylic acids is 1. The van der Waals surface area contributed by atoms with Crippen molar-refractivity contribution in [3.8, 4) is 0 Å². The molecule has 20 heavy (non-hydrogen) atoms. The monoisotopic (exact) mass is 339 g/mol. The second-order valence-corrected chi connectivity index (χ2v) is 6.77. The van der Waals surface area contributed by atoms with Crippen LogP contribution in [0.1, 0.15) is 19.8 Å². The molecule has 0 aliphatic carbocycles. The van der Waals surface area contributed by atoms with E-state index in [-0.39, 0.29) is 11.3 Å². The van der Waals surface area contributed by atoms with Gasteiger partial charge in [-0.25, -0.2) is 0 Å². The first-order chi connectivity index (χ1) is 9.42. The summed E-state index contributed by atoms with van der Waals surface area (Å²) in [5.41, 5.74) is 1.53. The first-order valence-electron chi connectivity index (χ1n) is 6.91. The van der Waals surface area contributed by atoms with Crippen LogP contribution in [0.3, 0.4) is 0 Å². The second-order valence-electron chi connectivity index (χ2n) is 5.85. The Morgan fingerprint density at radius 3 is 2.80 bits per heavy atom. The first-order valence-corrected chi connectivity index (χ1v) is 7.71. The van der Waals surface area contributed by atoms with Gasteiger partial charge >= 0.3 is 0 Å². The zero-order chi connectivity index (χ0) is 14.8. The molecule has 1 aromatic carbocycles. The lowest BCUT2D eigenvalue weighted by atomic mass is 9.82. The van der Waals surface area contributed by atoms with Crippen molar-refractivity contribution in [2.75, 3.05) is 37.4 Å². The van der Waals surface area contributed by atoms with E-state index >= 15 is 0 Å². The maximum absolute atomic E-state index is 12.6. The van der Waals surface area contributed by atoms with Crippen molar-refractivity contribution >= 4 is 33.2 Å². The topological polar surface area (TPSA) is 44.4 Å². The molecule has 5 heteroatoms. The number of benzene rings is 1. The van der Waals surface area contributed by atoms with Crippen LogP contribution in [-0.2, 0) is 4.79 Å². The van der Waals surface area contributed by atoms with Gasteiger partial charge in [-0.2, -0.15) is 0 Å². The van der Waals surface area contributed by atoms with Crippen molar-refractivity contribution in [2.45, 2.75) is 19.8 Å². The van der Waals surface area contributed by atoms with Gasteiger partial charge in [0.1, 0.15) is 0 Å². The molecule has 1 aliphatic heterocycles. The molecule has 1 heterocycles. The highest BCUT2D eigenvalue weighted by Gasteiger charge is 2.34. The maximum Gasteiger partial charge on any atom is 0.231 e. The standard InChI is InChI=1S/C15H22BrN3O/c1-15(7-4-8-17-10-15)14(20)18-12-9-11(16)5-6-13(12)19(2)3/h5-6,9,17H,4,7-8,10H2,1-3H3,(H,18,20). The van der Waals surface area contributed by atoms with Crippen LogP contribution in [0, 0.1) is 5.41 Å². The Bertz CT molecular complexity index is 496. The molecule has 110 valence electrons. The zero-order valence-electron chi connectivity index (χ0n) is 12.3. The minimum absolute atomic E-state index is 0.0888. The van der Waals surface area contributed by atoms with Gasteiger partial charge < -0.3 is 15.5 Å². The third-order valence-electron chi connectivity index (χ3n) is 3.83. The Morgan fingerprint density at radius 1 is 1.45 bits per heavy atom. The Kier molecular flexibility index (Phi) is 4.70. The van der Waals surface area contributed by atoms with Gasteiger partial charge in [-0.3, -0.25) is 4.79 Å². The highest BCUT2D eigenvalue weighted by molar-refractivity contribution is 9.10. The molecule has 0 bridgehead atoms. The molecule has 1 aliphatic rings. The number of carbonyl (C=O) groups is 1. The minimum Gasteiger partial charge on any atom is -0.376 e. The number of piperidine rings is 1. The van der Waals surface area contributed by atoms with Crippen LogP contribution >= 0.6 is 15.9 Å². The van der Waals surface area contributed by atoms with Crippen LogP contribution in [0.15, 0.2) is 22.7 Å². The van der Waals surface area contributed by atoms with Crippen molar-refractivity contribution in [3.63, 3.8) is 0 Å². The molecule has 1 unspecified atom stereocenters. The normalized spacial score (nSPS) is 22.4. The zero-order valence-corrected chi connectivity index (χ0v) is 13.9. The number of anilines is 2. The molecule has 2 N–H and O–H groups in total. The van der Waals surface area contributed by atoms with Crippen LogP contribution in [0.25, 0.3) is 0 Å². The van der Waals surface area contributed by atoms with Gasteiger partial charge in [0.2, 0.25) is 5.91 Å². The Hall–Kier alpha value is -1.07. The number of hydrogen-bond acceptors (Lipinski definition) is 3. The molecule has 4 nitrogen and oxygen atoms in total. The fourth-order valence-corrected chi connectivity index (χ4v) is 2.88. The second kappa shape index (κ2) is 6.14. The molecule has 0 radical (unpaired) electrons. The quantitative estimate of drug-likeness (QED) is 0.889. The lowest BCUT2D eigenvalue weighted by Gasteiger charge is -2.33. The summed E-state index contributed by atoms with van der Waals surface area (Å²) in [6.07, 6.45) is 1.97. The Labute approximate surface area is 129 Å². The number of halogens is 1. The Morgan fingerprint density at radius 2 is 2.20 bits per heavy atom. The third kappa shape index (κ3) is 3.33. The van der Waals surface area contributed by atoms with Crippen LogP contribution in [0.5, 0.6) is 0 Å². The summed E-state index contributed by atoms with van der Waals surface area (Å²) in [6.45, 7) is 3.77. The maximum atomic E-state index is 12.6. The largest absolute Gasteiger partial charge is 0.376 e. The molecular formula is C15H22BrN3O. The molecule has 1 aromatic rings. The highest BCUT2D eigenvalue weighted by Crippen LogP contribution is 2.32. The van der Waals surface area contributed by atoms with E-state index < -0.39 is 0 Å². The van der Waals surface area contributed by atoms with Crippen LogP contribution in [-0.4, -0.2) is 33.1 Å². The first kappa shape index (κ1) is 15.3. The third-order valence-corrected chi connectivity index (χ3v) is 4.33. The number of nitrogens with zero attached hydrogens (tertiary/aromatic N) is 1. The van der Waals surface area contributed by atoms with Crippen molar-refractivity contribution < 1.29 is 4.79 Å². The van der Waals surface area contributed by atoms with E-state index in [1.165, 1.54) is 0 Å². The van der Waals surface area contributed by atoms with Gasteiger partial charge in [-0.15, -0.1) is 0 Å². The molecule has 0 saturated carbocycles. The number of rotatable bonds is 3. The number of nitrogens with one attached hydrogen (secondary N) is 2. The van der Waals surface area contributed by atoms with E-state index in [2.05, 4.69) is 26.6 Å². The number of hydrogen-bond donors (Lipinski definition) is 2. The molecular weight excluding hydrogens is 318 g/mol. The van der Waals surface area contributed by atoms with Crippen LogP contribution in [0.2, 0.25) is 0 Å². The fourth-order valence-electron chi connectivity index (χ4n) is 2.52. The van der Waals surface area contributed by atoms with Crippen LogP contribution < -0.4 is 15.5 Å². The average molecular weight is 340 g/mol. The van der Waals surface area contributed by atoms with Gasteiger partial charge in [-0.1, -0.05) is 15.9 Å². The predicted octanol–water partition coefficient (Wildman–Crippen LogP) is 2.84. The summed E-state index contributed by atoms with van der Waals surface area (Å²) < 4.78 is 0.963. The molecule has 1 fully saturated rings. The minimum atomic E-state index is -0.329. The van der Waals surface area contributed by atoms with Gasteiger partial charge in [-0.05, 0) is 44.5 Å². The molecule has 2 rings (SSSR count). The molecule has 1 atom stereocenters. The summed E-state index contributed by atoms with van der Waals surface area (Å²) in [4.78, 5) is 14.6. The lowest BCUT2D eigenvalue weighted by Crippen LogP contribution is -2.46. The number of amides is 1. The summed E-state index contributed by atoms with van der Waals surface area (Å²) in [7, 11) is 3.95. The van der Waals surface area contributed by atoms with Crippen molar-refractivity contribution in [2.24, 2.45) is 5.41 Å². The fraction of sp³-hybridized carbons (Fsp3) is 0.533. The van der Waals surface area contributed by atoms with Gasteiger partial charge in [0, 0.05) is 25.1 Å². The van der Waals surface area contributed by atoms with E-state index in [1.54, 1.807) is 0 Å². The Balaban J connectivity index is 2.20. The molecule has 1 saturated heterocycles. The summed E-state index contributed by atoms with van der Waals surface area (Å²) in [5.74, 6) is 0.0888. The van der Waals surface area contributed by atoms with E-state index in [4.69, 9.17) is 0 Å². The van der Waals surface area contributed by atoms with E-state index in [9.17, 15) is 4.79 Å². The van der Waals surface area contributed by atoms with E-state index in [0.717, 1.165) is 41.8 Å². The molecule has 0 aromatic heterocycles. The molecule has 0 spiro atoms. The van der Waals surface area contributed by atoms with Crippen molar-refractivity contribution in [1.82, 2.24) is 5.32 Å². The highest BCUT2D eigenvalue weighted by atomic mass is 79.9. The lowest BCUT2D eigenvalue weighted by molar-refractivity contribution is -0.125. The summed E-state index contributed by atoms with van der Waals surface area (Å²) in [5, 5.41) is 6.40. The molecule has 1 amide bonds. The van der Waals surface area contributed by atoms with Crippen LogP contribution in [0.4, 0.5) is 11.4 Å². The SMILES string of the molecule is CN(C)c1ccc(Br)cc1NC(=O)C1(C)CCCNC1. The predicted molar refractivity (Wildman–Crippen MR) is 87.3 cm³/mol. The smallest absolute Gasteiger partial charge is 0.231 e. The van der Waals surface area contributed by atoms with Gasteiger partial charge in [0.25, 0.3) is 0 Å². The van der Waals surface area contributed by atoms with Gasteiger partial charge in [0.15, 0.2) is 0 Å². The van der Waals surface area contributed by atoms with E-state index in [0.29, 0.717) is 0 Å². The average Bonchev–Trinajstić information content (AvgIpc) is 2.39. The summed E-state index contributed by atoms with van der Waals surface area (Å²) >= 11 is 3.46. The van der Waals surface area contributed by atoms with E-state index in [1.807, 2.05) is 44.1 Å². The summed E-state index contributed by atoms with van der Waals surface area (Å²) in [6, 6.07) is 5.93.